The maximum Gasteiger partial charge on any atom is 0.144 e. The Labute approximate surface area is 289 Å². The van der Waals surface area contributed by atoms with Crippen molar-refractivity contribution in [1.29, 1.82) is 0 Å². The van der Waals surface area contributed by atoms with Crippen LogP contribution in [0.15, 0.2) is 78.9 Å². The van der Waals surface area contributed by atoms with Crippen LogP contribution in [-0.4, -0.2) is 85.3 Å². The Morgan fingerprint density at radius 2 is 1.04 bits per heavy atom. The van der Waals surface area contributed by atoms with Gasteiger partial charge in [0.2, 0.25) is 0 Å². The Kier molecular flexibility index (Phi) is 6.97. The van der Waals surface area contributed by atoms with Gasteiger partial charge in [0.05, 0.1) is 16.6 Å². The summed E-state index contributed by atoms with van der Waals surface area (Å²) in [5, 5.41) is 16.3. The van der Waals surface area contributed by atoms with Gasteiger partial charge in [-0.2, -0.15) is 0 Å². The molecule has 2 aromatic heterocycles. The molecule has 0 aliphatic rings. The standard InChI is InChI=1S/C36H33B9N2O/c37-25-23(28(40)36(48)33(45)31(25)43)17-10-9-14(13-20(17)24-26(38)29(41)32(44)30(42)27(24)39)47-22-8-4-2-6-16(22)19-12-11-18-15-5-1-3-7-21(15)46-34(18)35(19)47/h1-13,46,48H,37-45H2. The molecule has 2 heterocycles. The summed E-state index contributed by atoms with van der Waals surface area (Å²) < 4.78 is 2.45. The summed E-state index contributed by atoms with van der Waals surface area (Å²) in [6.45, 7) is 0. The molecule has 0 fully saturated rings. The topological polar surface area (TPSA) is 41.0 Å². The molecule has 0 radical (unpaired) electrons. The molecule has 0 saturated heterocycles. The third-order valence-corrected chi connectivity index (χ3v) is 11.7. The van der Waals surface area contributed by atoms with Crippen LogP contribution >= 0.6 is 0 Å². The molecule has 0 aliphatic heterocycles. The van der Waals surface area contributed by atoms with Gasteiger partial charge in [-0.1, -0.05) is 81.9 Å². The van der Waals surface area contributed by atoms with Crippen LogP contribution in [0, 0.1) is 0 Å². The van der Waals surface area contributed by atoms with E-state index in [1.165, 1.54) is 76.5 Å². The third-order valence-electron chi connectivity index (χ3n) is 11.7. The lowest BCUT2D eigenvalue weighted by atomic mass is 9.59. The van der Waals surface area contributed by atoms with E-state index in [0.717, 1.165) is 44.2 Å². The summed E-state index contributed by atoms with van der Waals surface area (Å²) in [6, 6.07) is 28.9. The van der Waals surface area contributed by atoms with E-state index in [2.05, 4.69) is 151 Å². The molecule has 0 unspecified atom stereocenters. The molecule has 8 aromatic rings. The van der Waals surface area contributed by atoms with Gasteiger partial charge in [-0.05, 0) is 52.0 Å². The van der Waals surface area contributed by atoms with Gasteiger partial charge in [-0.25, -0.2) is 0 Å². The highest BCUT2D eigenvalue weighted by Crippen LogP contribution is 2.40. The van der Waals surface area contributed by atoms with Gasteiger partial charge in [0.25, 0.3) is 0 Å². The van der Waals surface area contributed by atoms with Crippen LogP contribution in [0.5, 0.6) is 5.75 Å². The van der Waals surface area contributed by atoms with Crippen LogP contribution in [0.2, 0.25) is 0 Å². The Morgan fingerprint density at radius 1 is 0.479 bits per heavy atom. The first kappa shape index (κ1) is 30.6. The summed E-state index contributed by atoms with van der Waals surface area (Å²) in [7, 11) is 19.7. The van der Waals surface area contributed by atoms with E-state index in [0.29, 0.717) is 5.75 Å². The summed E-state index contributed by atoms with van der Waals surface area (Å²) in [4.78, 5) is 3.80. The van der Waals surface area contributed by atoms with Crippen molar-refractivity contribution in [3.05, 3.63) is 78.9 Å². The average Bonchev–Trinajstić information content (AvgIpc) is 3.65. The molecular weight excluding hydrogens is 574 g/mol. The van der Waals surface area contributed by atoms with E-state index in [-0.39, 0.29) is 0 Å². The number of rotatable bonds is 3. The second-order valence-corrected chi connectivity index (χ2v) is 13.9. The fourth-order valence-electron chi connectivity index (χ4n) is 8.37. The summed E-state index contributed by atoms with van der Waals surface area (Å²) in [5.41, 5.74) is 21.4. The van der Waals surface area contributed by atoms with Crippen LogP contribution < -0.4 is 49.2 Å². The molecule has 0 spiro atoms. The van der Waals surface area contributed by atoms with Crippen molar-refractivity contribution in [1.82, 2.24) is 9.55 Å². The first-order chi connectivity index (χ1) is 23.0. The SMILES string of the molecule is Bc1c(B)c(B)c(-c2cc(-n3c4ccccc4c4ccc5c6ccccc6[nH]c5c43)ccc2-c2c(B)c(B)c(B)c(O)c2B)c(B)c1B. The number of aromatic amines is 1. The van der Waals surface area contributed by atoms with Crippen molar-refractivity contribution in [3.8, 4) is 33.7 Å². The summed E-state index contributed by atoms with van der Waals surface area (Å²) >= 11 is 0. The molecule has 220 valence electrons. The molecule has 8 rings (SSSR count). The third kappa shape index (κ3) is 4.14. The number of nitrogens with one attached hydrogen (secondary N) is 1. The molecule has 0 amide bonds. The Morgan fingerprint density at radius 3 is 1.75 bits per heavy atom. The summed E-state index contributed by atoms with van der Waals surface area (Å²) in [5.74, 6) is 0.386. The second-order valence-electron chi connectivity index (χ2n) is 13.9. The first-order valence-corrected chi connectivity index (χ1v) is 16.9. The van der Waals surface area contributed by atoms with Crippen LogP contribution in [0.1, 0.15) is 0 Å². The molecule has 2 N–H and O–H groups in total. The van der Waals surface area contributed by atoms with Crippen molar-refractivity contribution in [2.75, 3.05) is 0 Å². The van der Waals surface area contributed by atoms with E-state index in [4.69, 9.17) is 0 Å². The minimum atomic E-state index is 0.386. The van der Waals surface area contributed by atoms with E-state index in [1.54, 1.807) is 0 Å². The maximum absolute atomic E-state index is 11.3. The number of hydrogen-bond donors (Lipinski definition) is 2. The first-order valence-electron chi connectivity index (χ1n) is 16.9. The number of para-hydroxylation sites is 2. The normalized spacial score (nSPS) is 11.8. The maximum atomic E-state index is 11.3. The molecule has 0 atom stereocenters. The molecule has 0 aliphatic carbocycles. The lowest BCUT2D eigenvalue weighted by Crippen LogP contribution is -2.55. The number of nitrogens with zero attached hydrogens (tertiary/aromatic N) is 1. The average molecular weight is 607 g/mol. The molecule has 6 aromatic carbocycles. The smallest absolute Gasteiger partial charge is 0.144 e. The molecule has 12 heteroatoms. The molecule has 0 bridgehead atoms. The van der Waals surface area contributed by atoms with Crippen LogP contribution in [0.25, 0.3) is 71.6 Å². The fraction of sp³-hybridized carbons (Fsp3) is 0. The van der Waals surface area contributed by atoms with Gasteiger partial charge in [0.1, 0.15) is 76.4 Å². The van der Waals surface area contributed by atoms with Crippen LogP contribution in [-0.2, 0) is 0 Å². The van der Waals surface area contributed by atoms with Gasteiger partial charge >= 0.3 is 0 Å². The van der Waals surface area contributed by atoms with Gasteiger partial charge in [0.15, 0.2) is 0 Å². The number of aromatic nitrogens is 2. The van der Waals surface area contributed by atoms with E-state index < -0.39 is 0 Å². The number of aromatic hydroxyl groups is 1. The molecule has 0 saturated carbocycles. The Balaban J connectivity index is 1.55. The zero-order chi connectivity index (χ0) is 33.8. The van der Waals surface area contributed by atoms with E-state index in [9.17, 15) is 5.11 Å². The van der Waals surface area contributed by atoms with Crippen LogP contribution in [0.4, 0.5) is 0 Å². The number of hydrogen-bond acceptors (Lipinski definition) is 1. The van der Waals surface area contributed by atoms with Gasteiger partial charge in [-0.3, -0.25) is 0 Å². The second kappa shape index (κ2) is 10.9. The predicted octanol–water partition coefficient (Wildman–Crippen LogP) is -6.22. The van der Waals surface area contributed by atoms with E-state index in [1.807, 2.05) is 7.85 Å². The monoisotopic (exact) mass is 608 g/mol. The van der Waals surface area contributed by atoms with Gasteiger partial charge in [-0.15, -0.1) is 16.4 Å². The van der Waals surface area contributed by atoms with Crippen molar-refractivity contribution in [2.45, 2.75) is 0 Å². The fourth-order valence-corrected chi connectivity index (χ4v) is 8.37. The highest BCUT2D eigenvalue weighted by molar-refractivity contribution is 6.69. The summed E-state index contributed by atoms with van der Waals surface area (Å²) in [6.07, 6.45) is 0. The van der Waals surface area contributed by atoms with Crippen molar-refractivity contribution < 1.29 is 5.11 Å². The van der Waals surface area contributed by atoms with Crippen molar-refractivity contribution >= 4 is 163 Å². The number of phenols is 1. The highest BCUT2D eigenvalue weighted by atomic mass is 16.3. The number of benzene rings is 6. The number of H-pyrrole nitrogens is 1. The Bertz CT molecular complexity index is 2640. The zero-order valence-electron chi connectivity index (χ0n) is 29.4. The van der Waals surface area contributed by atoms with E-state index >= 15 is 0 Å². The largest absolute Gasteiger partial charge is 0.509 e. The quantitative estimate of drug-likeness (QED) is 0.193. The molecule has 48 heavy (non-hydrogen) atoms. The zero-order valence-corrected chi connectivity index (χ0v) is 29.4. The number of phenolic OH excluding ortho intramolecular Hbond substituents is 1. The lowest BCUT2D eigenvalue weighted by Gasteiger charge is -2.26. The van der Waals surface area contributed by atoms with Crippen LogP contribution in [0.3, 0.4) is 0 Å². The minimum Gasteiger partial charge on any atom is -0.509 e. The minimum absolute atomic E-state index is 0.386. The van der Waals surface area contributed by atoms with Gasteiger partial charge < -0.3 is 14.7 Å². The van der Waals surface area contributed by atoms with Crippen molar-refractivity contribution in [2.24, 2.45) is 0 Å². The Hall–Kier alpha value is -4.70. The highest BCUT2D eigenvalue weighted by Gasteiger charge is 2.23. The number of fused-ring (bicyclic) bond motifs is 7. The molecular formula is C36H33B9N2O. The predicted molar refractivity (Wildman–Crippen MR) is 236 cm³/mol. The molecule has 3 nitrogen and oxygen atoms in total. The lowest BCUT2D eigenvalue weighted by molar-refractivity contribution is 0.484. The van der Waals surface area contributed by atoms with Gasteiger partial charge in [0, 0.05) is 32.7 Å². The van der Waals surface area contributed by atoms with Crippen molar-refractivity contribution in [3.63, 3.8) is 0 Å².